The highest BCUT2D eigenvalue weighted by molar-refractivity contribution is 14.1. The predicted octanol–water partition coefficient (Wildman–Crippen LogP) is 2.85. The van der Waals surface area contributed by atoms with E-state index in [1.54, 1.807) is 0 Å². The molecule has 1 N–H and O–H groups in total. The lowest BCUT2D eigenvalue weighted by atomic mass is 10.3. The van der Waals surface area contributed by atoms with Crippen LogP contribution in [0.4, 0.5) is 5.69 Å². The Morgan fingerprint density at radius 1 is 1.33 bits per heavy atom. The second kappa shape index (κ2) is 4.40. The summed E-state index contributed by atoms with van der Waals surface area (Å²) in [6.45, 7) is 1.50. The molecule has 0 saturated heterocycles. The first-order valence-electron chi connectivity index (χ1n) is 3.32. The molecule has 4 heteroatoms. The molecule has 0 atom stereocenters. The van der Waals surface area contributed by atoms with Crippen molar-refractivity contribution < 1.29 is 4.79 Å². The van der Waals surface area contributed by atoms with Crippen LogP contribution in [0, 0.1) is 7.14 Å². The van der Waals surface area contributed by atoms with Crippen molar-refractivity contribution in [2.75, 3.05) is 5.32 Å². The van der Waals surface area contributed by atoms with Crippen molar-refractivity contribution in [3.63, 3.8) is 0 Å². The molecular formula is C8H7I2NO. The zero-order valence-electron chi connectivity index (χ0n) is 6.40. The van der Waals surface area contributed by atoms with Gasteiger partial charge in [0.2, 0.25) is 5.91 Å². The van der Waals surface area contributed by atoms with E-state index in [-0.39, 0.29) is 5.91 Å². The molecule has 0 aliphatic heterocycles. The molecule has 0 fully saturated rings. The number of rotatable bonds is 1. The van der Waals surface area contributed by atoms with Crippen molar-refractivity contribution in [1.82, 2.24) is 0 Å². The van der Waals surface area contributed by atoms with E-state index in [1.807, 2.05) is 18.2 Å². The van der Waals surface area contributed by atoms with Crippen molar-refractivity contribution in [2.24, 2.45) is 0 Å². The summed E-state index contributed by atoms with van der Waals surface area (Å²) in [5.74, 6) is -0.0352. The first-order chi connectivity index (χ1) is 5.59. The third kappa shape index (κ3) is 2.89. The lowest BCUT2D eigenvalue weighted by Crippen LogP contribution is -2.05. The Morgan fingerprint density at radius 2 is 2.00 bits per heavy atom. The zero-order chi connectivity index (χ0) is 9.14. The monoisotopic (exact) mass is 387 g/mol. The predicted molar refractivity (Wildman–Crippen MR) is 66.2 cm³/mol. The third-order valence-corrected chi connectivity index (χ3v) is 4.11. The smallest absolute Gasteiger partial charge is 0.221 e. The molecule has 0 aromatic heterocycles. The molecule has 1 aromatic carbocycles. The Hall–Kier alpha value is 0.150. The molecule has 0 spiro atoms. The number of amides is 1. The van der Waals surface area contributed by atoms with Crippen molar-refractivity contribution in [1.29, 1.82) is 0 Å². The molecule has 0 radical (unpaired) electrons. The van der Waals surface area contributed by atoms with Crippen LogP contribution in [0.25, 0.3) is 0 Å². The van der Waals surface area contributed by atoms with Gasteiger partial charge in [0.1, 0.15) is 0 Å². The van der Waals surface area contributed by atoms with E-state index in [1.165, 1.54) is 10.5 Å². The normalized spacial score (nSPS) is 9.58. The summed E-state index contributed by atoms with van der Waals surface area (Å²) >= 11 is 4.49. The number of carbonyl (C=O) groups excluding carboxylic acids is 1. The lowest BCUT2D eigenvalue weighted by molar-refractivity contribution is -0.114. The molecule has 2 nitrogen and oxygen atoms in total. The maximum atomic E-state index is 10.7. The molecular weight excluding hydrogens is 380 g/mol. The molecule has 0 bridgehead atoms. The maximum absolute atomic E-state index is 10.7. The van der Waals surface area contributed by atoms with Gasteiger partial charge in [0.25, 0.3) is 0 Å². The molecule has 12 heavy (non-hydrogen) atoms. The van der Waals surface area contributed by atoms with Crippen molar-refractivity contribution in [3.8, 4) is 0 Å². The van der Waals surface area contributed by atoms with Crippen molar-refractivity contribution >= 4 is 56.8 Å². The first-order valence-corrected chi connectivity index (χ1v) is 5.48. The Morgan fingerprint density at radius 3 is 2.50 bits per heavy atom. The van der Waals surface area contributed by atoms with E-state index in [9.17, 15) is 4.79 Å². The Kier molecular flexibility index (Phi) is 3.76. The summed E-state index contributed by atoms with van der Waals surface area (Å²) in [5.41, 5.74) is 0.854. The number of anilines is 1. The largest absolute Gasteiger partial charge is 0.326 e. The SMILES string of the molecule is CC(=O)Nc1ccc(I)c(I)c1. The van der Waals surface area contributed by atoms with Crippen LogP contribution in [0.2, 0.25) is 0 Å². The Labute approximate surface area is 98.4 Å². The van der Waals surface area contributed by atoms with Gasteiger partial charge in [-0.25, -0.2) is 0 Å². The second-order valence-corrected chi connectivity index (χ2v) is 4.63. The molecule has 64 valence electrons. The maximum Gasteiger partial charge on any atom is 0.221 e. The zero-order valence-corrected chi connectivity index (χ0v) is 10.7. The minimum absolute atomic E-state index is 0.0352. The summed E-state index contributed by atoms with van der Waals surface area (Å²) in [4.78, 5) is 10.7. The average molecular weight is 387 g/mol. The van der Waals surface area contributed by atoms with Crippen LogP contribution in [-0.2, 0) is 4.79 Å². The average Bonchev–Trinajstić information content (AvgIpc) is 1.96. The van der Waals surface area contributed by atoms with Gasteiger partial charge in [-0.1, -0.05) is 0 Å². The molecule has 0 saturated carbocycles. The summed E-state index contributed by atoms with van der Waals surface area (Å²) < 4.78 is 2.35. The van der Waals surface area contributed by atoms with E-state index in [4.69, 9.17) is 0 Å². The third-order valence-electron chi connectivity index (χ3n) is 1.24. The fourth-order valence-corrected chi connectivity index (χ4v) is 1.63. The highest BCUT2D eigenvalue weighted by Gasteiger charge is 1.98. The van der Waals surface area contributed by atoms with Crippen LogP contribution in [0.1, 0.15) is 6.92 Å². The van der Waals surface area contributed by atoms with Gasteiger partial charge in [0.15, 0.2) is 0 Å². The number of carbonyl (C=O) groups is 1. The molecule has 0 aliphatic carbocycles. The van der Waals surface area contributed by atoms with E-state index < -0.39 is 0 Å². The molecule has 0 unspecified atom stereocenters. The van der Waals surface area contributed by atoms with Gasteiger partial charge in [-0.05, 0) is 63.4 Å². The van der Waals surface area contributed by atoms with Crippen LogP contribution in [0.15, 0.2) is 18.2 Å². The lowest BCUT2D eigenvalue weighted by Gasteiger charge is -2.02. The molecule has 1 amide bonds. The van der Waals surface area contributed by atoms with Crippen LogP contribution >= 0.6 is 45.2 Å². The van der Waals surface area contributed by atoms with Crippen molar-refractivity contribution in [2.45, 2.75) is 6.92 Å². The molecule has 1 rings (SSSR count). The summed E-state index contributed by atoms with van der Waals surface area (Å²) in [6.07, 6.45) is 0. The number of hydrogen-bond donors (Lipinski definition) is 1. The topological polar surface area (TPSA) is 29.1 Å². The van der Waals surface area contributed by atoms with Crippen LogP contribution in [0.3, 0.4) is 0 Å². The summed E-state index contributed by atoms with van der Waals surface area (Å²) in [5, 5.41) is 2.73. The van der Waals surface area contributed by atoms with E-state index in [0.29, 0.717) is 0 Å². The molecule has 0 aliphatic rings. The van der Waals surface area contributed by atoms with Gasteiger partial charge in [-0.2, -0.15) is 0 Å². The Balaban J connectivity index is 2.89. The quantitative estimate of drug-likeness (QED) is 0.739. The van der Waals surface area contributed by atoms with Gasteiger partial charge >= 0.3 is 0 Å². The number of halogens is 2. The molecule has 0 heterocycles. The number of hydrogen-bond acceptors (Lipinski definition) is 1. The standard InChI is InChI=1S/C8H7I2NO/c1-5(12)11-6-2-3-7(9)8(10)4-6/h2-4H,1H3,(H,11,12). The first kappa shape index (κ1) is 10.2. The van der Waals surface area contributed by atoms with Gasteiger partial charge in [0, 0.05) is 19.8 Å². The second-order valence-electron chi connectivity index (χ2n) is 2.31. The van der Waals surface area contributed by atoms with Gasteiger partial charge in [-0.15, -0.1) is 0 Å². The number of nitrogens with one attached hydrogen (secondary N) is 1. The fourth-order valence-electron chi connectivity index (χ4n) is 0.777. The van der Waals surface area contributed by atoms with Gasteiger partial charge in [-0.3, -0.25) is 4.79 Å². The van der Waals surface area contributed by atoms with Gasteiger partial charge in [0.05, 0.1) is 0 Å². The number of benzene rings is 1. The highest BCUT2D eigenvalue weighted by atomic mass is 127. The van der Waals surface area contributed by atoms with Crippen LogP contribution < -0.4 is 5.32 Å². The highest BCUT2D eigenvalue weighted by Crippen LogP contribution is 2.19. The van der Waals surface area contributed by atoms with E-state index >= 15 is 0 Å². The minimum Gasteiger partial charge on any atom is -0.326 e. The Bertz CT molecular complexity index is 312. The van der Waals surface area contributed by atoms with E-state index in [2.05, 4.69) is 50.5 Å². The molecule has 1 aromatic rings. The van der Waals surface area contributed by atoms with Crippen LogP contribution in [0.5, 0.6) is 0 Å². The van der Waals surface area contributed by atoms with Crippen LogP contribution in [-0.4, -0.2) is 5.91 Å². The van der Waals surface area contributed by atoms with Crippen molar-refractivity contribution in [3.05, 3.63) is 25.3 Å². The minimum atomic E-state index is -0.0352. The summed E-state index contributed by atoms with van der Waals surface area (Å²) in [7, 11) is 0. The summed E-state index contributed by atoms with van der Waals surface area (Å²) in [6, 6.07) is 5.82. The van der Waals surface area contributed by atoms with E-state index in [0.717, 1.165) is 9.26 Å². The fraction of sp³-hybridized carbons (Fsp3) is 0.125. The van der Waals surface area contributed by atoms with Gasteiger partial charge < -0.3 is 5.32 Å².